The lowest BCUT2D eigenvalue weighted by Gasteiger charge is -2.32. The van der Waals surface area contributed by atoms with Crippen molar-refractivity contribution in [3.8, 4) is 22.3 Å². The second-order valence-corrected chi connectivity index (χ2v) is 11.7. The minimum absolute atomic E-state index is 0.288. The molecule has 5 aromatic rings. The highest BCUT2D eigenvalue weighted by Crippen LogP contribution is 2.36. The molecule has 0 saturated carbocycles. The Morgan fingerprint density at radius 3 is 1.76 bits per heavy atom. The quantitative estimate of drug-likeness (QED) is 0.324. The van der Waals surface area contributed by atoms with Crippen molar-refractivity contribution in [1.29, 1.82) is 0 Å². The first-order chi connectivity index (χ1) is 19.3. The van der Waals surface area contributed by atoms with Gasteiger partial charge in [0.25, 0.3) is 0 Å². The minimum Gasteiger partial charge on any atom is -0.399 e. The molecular weight excluding hydrogens is 492 g/mol. The van der Waals surface area contributed by atoms with Crippen LogP contribution in [0.25, 0.3) is 43.8 Å². The van der Waals surface area contributed by atoms with Crippen molar-refractivity contribution >= 4 is 114 Å². The Balaban J connectivity index is 1.57. The van der Waals surface area contributed by atoms with Crippen molar-refractivity contribution in [1.82, 2.24) is 0 Å². The Labute approximate surface area is 250 Å². The third kappa shape index (κ3) is 4.27. The van der Waals surface area contributed by atoms with E-state index in [9.17, 15) is 0 Å². The topological polar surface area (TPSA) is 18.5 Å². The van der Waals surface area contributed by atoms with Crippen LogP contribution in [-0.4, -0.2) is 65.4 Å². The third-order valence-corrected chi connectivity index (χ3v) is 8.74. The third-order valence-electron chi connectivity index (χ3n) is 8.74. The summed E-state index contributed by atoms with van der Waals surface area (Å²) in [6.45, 7) is 8.06. The van der Waals surface area contributed by atoms with E-state index in [-0.39, 0.29) is 5.46 Å². The lowest BCUT2D eigenvalue weighted by atomic mass is 9.60. The molecule has 0 atom stereocenters. The van der Waals surface area contributed by atoms with E-state index in [0.29, 0.717) is 49.2 Å². The Hall–Kier alpha value is -3.01. The molecule has 0 unspecified atom stereocenters. The summed E-state index contributed by atoms with van der Waals surface area (Å²) in [6.07, 6.45) is 0. The number of fused-ring (bicyclic) bond motifs is 2. The van der Waals surface area contributed by atoms with Gasteiger partial charge in [0.2, 0.25) is 0 Å². The molecule has 5 aromatic carbocycles. The Bertz CT molecular complexity index is 1860. The van der Waals surface area contributed by atoms with Crippen LogP contribution in [0.2, 0.25) is 0 Å². The van der Waals surface area contributed by atoms with E-state index < -0.39 is 18.3 Å². The van der Waals surface area contributed by atoms with Crippen LogP contribution in [0.1, 0.15) is 27.7 Å². The molecule has 0 bridgehead atoms. The van der Waals surface area contributed by atoms with Gasteiger partial charge in [-0.2, -0.15) is 0 Å². The van der Waals surface area contributed by atoms with Crippen LogP contribution in [0.3, 0.4) is 0 Å². The molecule has 0 spiro atoms. The average Bonchev–Trinajstić information content (AvgIpc) is 3.16. The van der Waals surface area contributed by atoms with Gasteiger partial charge in [0, 0.05) is 0 Å². The van der Waals surface area contributed by atoms with Crippen LogP contribution in [-0.2, 0) is 9.31 Å². The molecule has 184 valence electrons. The molecule has 1 aliphatic rings. The largest absolute Gasteiger partial charge is 0.494 e. The van der Waals surface area contributed by atoms with E-state index in [1.807, 2.05) is 94.4 Å². The molecule has 1 aliphatic heterocycles. The summed E-state index contributed by atoms with van der Waals surface area (Å²) in [6, 6.07) is 21.7. The van der Waals surface area contributed by atoms with Crippen molar-refractivity contribution in [3.05, 3.63) is 66.7 Å². The van der Waals surface area contributed by atoms with Gasteiger partial charge in [-0.25, -0.2) is 0 Å². The van der Waals surface area contributed by atoms with Crippen LogP contribution in [0, 0.1) is 0 Å². The smallest absolute Gasteiger partial charge is 0.399 e. The molecule has 0 amide bonds. The number of hydrogen-bond acceptors (Lipinski definition) is 2. The standard InChI is InChI=1S/C32H23B7O2/c1-31(2)32(3,4)41-39(40-31)18-12-7-11-17(15-18)21-25(33)23-24(29(37)27(21)35)26(34)22(28(36)30(23)38)20-14-8-10-16-9-5-6-13-19(16)20/h5-15H,1-4H3. The highest BCUT2D eigenvalue weighted by Gasteiger charge is 2.51. The maximum atomic E-state index is 6.84. The number of benzene rings is 5. The summed E-state index contributed by atoms with van der Waals surface area (Å²) in [5.74, 6) is 0. The van der Waals surface area contributed by atoms with E-state index in [1.165, 1.54) is 0 Å². The molecule has 9 heteroatoms. The zero-order valence-corrected chi connectivity index (χ0v) is 23.7. The predicted molar refractivity (Wildman–Crippen MR) is 180 cm³/mol. The minimum atomic E-state index is -0.556. The van der Waals surface area contributed by atoms with Gasteiger partial charge in [-0.3, -0.25) is 0 Å². The van der Waals surface area contributed by atoms with Crippen LogP contribution in [0.15, 0.2) is 66.7 Å². The summed E-state index contributed by atoms with van der Waals surface area (Å²) in [5, 5.41) is 3.00. The molecule has 1 saturated heterocycles. The number of rotatable bonds is 3. The second kappa shape index (κ2) is 9.78. The Kier molecular flexibility index (Phi) is 6.71. The predicted octanol–water partition coefficient (Wildman–Crippen LogP) is 0.389. The lowest BCUT2D eigenvalue weighted by molar-refractivity contribution is 0.00578. The van der Waals surface area contributed by atoms with E-state index in [1.54, 1.807) is 0 Å². The van der Waals surface area contributed by atoms with E-state index in [4.69, 9.17) is 56.4 Å². The van der Waals surface area contributed by atoms with Crippen LogP contribution < -0.4 is 38.2 Å². The van der Waals surface area contributed by atoms with Crippen molar-refractivity contribution < 1.29 is 9.31 Å². The highest BCUT2D eigenvalue weighted by molar-refractivity contribution is 6.68. The summed E-state index contributed by atoms with van der Waals surface area (Å²) < 4.78 is 12.5. The molecule has 41 heavy (non-hydrogen) atoms. The molecule has 0 aromatic heterocycles. The molecule has 12 radical (unpaired) electrons. The van der Waals surface area contributed by atoms with Gasteiger partial charge in [0.05, 0.1) is 11.2 Å². The summed E-state index contributed by atoms with van der Waals surface area (Å²) in [4.78, 5) is 0. The van der Waals surface area contributed by atoms with Crippen molar-refractivity contribution in [2.45, 2.75) is 38.9 Å². The van der Waals surface area contributed by atoms with Gasteiger partial charge in [-0.15, -0.1) is 0 Å². The molecule has 0 N–H and O–H groups in total. The number of hydrogen-bond donors (Lipinski definition) is 0. The van der Waals surface area contributed by atoms with Crippen molar-refractivity contribution in [3.63, 3.8) is 0 Å². The van der Waals surface area contributed by atoms with Crippen molar-refractivity contribution in [2.24, 2.45) is 0 Å². The molecule has 2 nitrogen and oxygen atoms in total. The maximum absolute atomic E-state index is 6.84. The molecular formula is C32H23B7O2. The van der Waals surface area contributed by atoms with Gasteiger partial charge >= 0.3 is 7.12 Å². The average molecular weight is 515 g/mol. The summed E-state index contributed by atoms with van der Waals surface area (Å²) in [5.41, 5.74) is 4.56. The van der Waals surface area contributed by atoms with E-state index in [2.05, 4.69) is 0 Å². The van der Waals surface area contributed by atoms with Crippen LogP contribution >= 0.6 is 0 Å². The SMILES string of the molecule is [B]c1c(-c2cccc3ccccc23)c([B])c2c([B])c([B])c(-c3cccc(B4OC(C)(C)C(C)(C)O4)c3)c([B])c2c1[B]. The maximum Gasteiger partial charge on any atom is 0.494 e. The fourth-order valence-corrected chi connectivity index (χ4v) is 5.77. The summed E-state index contributed by atoms with van der Waals surface area (Å²) >= 11 is 0. The van der Waals surface area contributed by atoms with Gasteiger partial charge in [0.1, 0.15) is 47.1 Å². The molecule has 1 fully saturated rings. The van der Waals surface area contributed by atoms with Gasteiger partial charge in [-0.05, 0) is 77.0 Å². The normalized spacial score (nSPS) is 16.0. The second-order valence-electron chi connectivity index (χ2n) is 11.7. The van der Waals surface area contributed by atoms with Gasteiger partial charge in [-0.1, -0.05) is 99.5 Å². The molecule has 6 rings (SSSR count). The Morgan fingerprint density at radius 1 is 0.561 bits per heavy atom. The van der Waals surface area contributed by atoms with Gasteiger partial charge in [0.15, 0.2) is 0 Å². The molecule has 1 heterocycles. The zero-order valence-electron chi connectivity index (χ0n) is 23.7. The first-order valence-corrected chi connectivity index (χ1v) is 13.5. The lowest BCUT2D eigenvalue weighted by Crippen LogP contribution is -2.44. The van der Waals surface area contributed by atoms with Gasteiger partial charge < -0.3 is 9.31 Å². The van der Waals surface area contributed by atoms with Crippen LogP contribution in [0.5, 0.6) is 0 Å². The first kappa shape index (κ1) is 28.1. The zero-order chi connectivity index (χ0) is 29.4. The molecule has 0 aliphatic carbocycles. The first-order valence-electron chi connectivity index (χ1n) is 13.5. The summed E-state index contributed by atoms with van der Waals surface area (Å²) in [7, 11) is 40.0. The fraction of sp³-hybridized carbons (Fsp3) is 0.188. The Morgan fingerprint density at radius 2 is 1.10 bits per heavy atom. The fourth-order valence-electron chi connectivity index (χ4n) is 5.77. The van der Waals surface area contributed by atoms with E-state index >= 15 is 0 Å². The van der Waals surface area contributed by atoms with E-state index in [0.717, 1.165) is 27.4 Å². The van der Waals surface area contributed by atoms with Crippen molar-refractivity contribution in [2.75, 3.05) is 0 Å². The monoisotopic (exact) mass is 516 g/mol. The highest BCUT2D eigenvalue weighted by atomic mass is 16.7. The van der Waals surface area contributed by atoms with Crippen LogP contribution in [0.4, 0.5) is 0 Å².